The predicted molar refractivity (Wildman–Crippen MR) is 83.0 cm³/mol. The van der Waals surface area contributed by atoms with Gasteiger partial charge in [-0.2, -0.15) is 0 Å². The fraction of sp³-hybridized carbons (Fsp3) is 0.375. The molecule has 0 aliphatic rings. The van der Waals surface area contributed by atoms with Crippen molar-refractivity contribution in [2.45, 2.75) is 26.3 Å². The molecular formula is C16H20N2O3. The first kappa shape index (κ1) is 15.1. The minimum Gasteiger partial charge on any atom is -0.497 e. The molecule has 0 aliphatic heterocycles. The lowest BCUT2D eigenvalue weighted by Gasteiger charge is -2.29. The monoisotopic (exact) mass is 288 g/mol. The SMILES string of the molecule is CCC(C)N(CC(=O)O)c1nccc2ccc(OC)cc12. The van der Waals surface area contributed by atoms with Crippen LogP contribution in [0.3, 0.4) is 0 Å². The minimum absolute atomic E-state index is 0.0711. The molecule has 0 spiro atoms. The van der Waals surface area contributed by atoms with Gasteiger partial charge in [0.2, 0.25) is 0 Å². The molecular weight excluding hydrogens is 268 g/mol. The standard InChI is InChI=1S/C16H20N2O3/c1-4-11(2)18(10-15(19)20)16-14-9-13(21-3)6-5-12(14)7-8-17-16/h5-9,11H,4,10H2,1-3H3,(H,19,20). The Hall–Kier alpha value is -2.30. The molecule has 2 aromatic rings. The number of aliphatic carboxylic acids is 1. The molecule has 1 atom stereocenters. The summed E-state index contributed by atoms with van der Waals surface area (Å²) in [5, 5.41) is 11.1. The normalized spacial score (nSPS) is 12.1. The quantitative estimate of drug-likeness (QED) is 0.885. The van der Waals surface area contributed by atoms with E-state index in [-0.39, 0.29) is 12.6 Å². The van der Waals surface area contributed by atoms with Crippen molar-refractivity contribution in [3.05, 3.63) is 30.5 Å². The van der Waals surface area contributed by atoms with E-state index in [9.17, 15) is 4.79 Å². The van der Waals surface area contributed by atoms with Crippen molar-refractivity contribution in [2.24, 2.45) is 0 Å². The van der Waals surface area contributed by atoms with Crippen molar-refractivity contribution < 1.29 is 14.6 Å². The topological polar surface area (TPSA) is 62.7 Å². The van der Waals surface area contributed by atoms with E-state index in [0.29, 0.717) is 5.82 Å². The average molecular weight is 288 g/mol. The highest BCUT2D eigenvalue weighted by molar-refractivity contribution is 5.94. The molecule has 0 bridgehead atoms. The summed E-state index contributed by atoms with van der Waals surface area (Å²) in [4.78, 5) is 17.4. The number of fused-ring (bicyclic) bond motifs is 1. The van der Waals surface area contributed by atoms with Crippen molar-refractivity contribution in [1.29, 1.82) is 0 Å². The Labute approximate surface area is 124 Å². The molecule has 1 N–H and O–H groups in total. The summed E-state index contributed by atoms with van der Waals surface area (Å²) in [7, 11) is 1.61. The molecule has 0 aliphatic carbocycles. The first-order valence-electron chi connectivity index (χ1n) is 6.98. The Balaban J connectivity index is 2.57. The molecule has 0 amide bonds. The highest BCUT2D eigenvalue weighted by Gasteiger charge is 2.19. The fourth-order valence-corrected chi connectivity index (χ4v) is 2.29. The van der Waals surface area contributed by atoms with Gasteiger partial charge in [-0.05, 0) is 36.9 Å². The number of methoxy groups -OCH3 is 1. The lowest BCUT2D eigenvalue weighted by molar-refractivity contribution is -0.135. The lowest BCUT2D eigenvalue weighted by Crippen LogP contribution is -2.37. The average Bonchev–Trinajstić information content (AvgIpc) is 2.50. The molecule has 0 saturated carbocycles. The van der Waals surface area contributed by atoms with E-state index in [2.05, 4.69) is 4.98 Å². The molecule has 0 radical (unpaired) electrons. The van der Waals surface area contributed by atoms with Crippen LogP contribution in [0, 0.1) is 0 Å². The number of aromatic nitrogens is 1. The van der Waals surface area contributed by atoms with Crippen LogP contribution in [0.25, 0.3) is 10.8 Å². The number of pyridine rings is 1. The summed E-state index contributed by atoms with van der Waals surface area (Å²) < 4.78 is 5.26. The molecule has 2 rings (SSSR count). The zero-order valence-electron chi connectivity index (χ0n) is 12.5. The number of carboxylic acid groups (broad SMARTS) is 1. The number of nitrogens with zero attached hydrogens (tertiary/aromatic N) is 2. The highest BCUT2D eigenvalue weighted by atomic mass is 16.5. The van der Waals surface area contributed by atoms with Crippen molar-refractivity contribution in [3.8, 4) is 5.75 Å². The van der Waals surface area contributed by atoms with Gasteiger partial charge in [-0.25, -0.2) is 4.98 Å². The first-order chi connectivity index (χ1) is 10.1. The van der Waals surface area contributed by atoms with Gasteiger partial charge in [0.05, 0.1) is 7.11 Å². The summed E-state index contributed by atoms with van der Waals surface area (Å²) in [6.45, 7) is 3.97. The molecule has 1 aromatic carbocycles. The summed E-state index contributed by atoms with van der Waals surface area (Å²) in [6, 6.07) is 7.74. The van der Waals surface area contributed by atoms with Gasteiger partial charge in [0.1, 0.15) is 18.1 Å². The van der Waals surface area contributed by atoms with Gasteiger partial charge in [-0.15, -0.1) is 0 Å². The van der Waals surface area contributed by atoms with Crippen LogP contribution in [0.4, 0.5) is 5.82 Å². The maximum absolute atomic E-state index is 11.2. The van der Waals surface area contributed by atoms with Crippen molar-refractivity contribution in [1.82, 2.24) is 4.98 Å². The van der Waals surface area contributed by atoms with E-state index in [0.717, 1.165) is 22.9 Å². The van der Waals surface area contributed by atoms with Gasteiger partial charge in [0.25, 0.3) is 0 Å². The predicted octanol–water partition coefficient (Wildman–Crippen LogP) is 2.93. The minimum atomic E-state index is -0.864. The largest absolute Gasteiger partial charge is 0.497 e. The zero-order chi connectivity index (χ0) is 15.4. The summed E-state index contributed by atoms with van der Waals surface area (Å²) in [5.41, 5.74) is 0. The van der Waals surface area contributed by atoms with Gasteiger partial charge in [-0.1, -0.05) is 13.0 Å². The second-order valence-corrected chi connectivity index (χ2v) is 5.00. The van der Waals surface area contributed by atoms with Gasteiger partial charge < -0.3 is 14.7 Å². The van der Waals surface area contributed by atoms with Crippen LogP contribution >= 0.6 is 0 Å². The summed E-state index contributed by atoms with van der Waals surface area (Å²) >= 11 is 0. The van der Waals surface area contributed by atoms with Crippen LogP contribution in [0.5, 0.6) is 5.75 Å². The molecule has 21 heavy (non-hydrogen) atoms. The maximum Gasteiger partial charge on any atom is 0.323 e. The molecule has 1 unspecified atom stereocenters. The summed E-state index contributed by atoms with van der Waals surface area (Å²) in [6.07, 6.45) is 2.55. The van der Waals surface area contributed by atoms with Crippen molar-refractivity contribution in [2.75, 3.05) is 18.6 Å². The maximum atomic E-state index is 11.2. The van der Waals surface area contributed by atoms with Crippen LogP contribution in [-0.4, -0.2) is 35.8 Å². The number of anilines is 1. The van der Waals surface area contributed by atoms with E-state index in [1.807, 2.05) is 43.0 Å². The number of carbonyl (C=O) groups is 1. The van der Waals surface area contributed by atoms with E-state index in [4.69, 9.17) is 9.84 Å². The fourth-order valence-electron chi connectivity index (χ4n) is 2.29. The van der Waals surface area contributed by atoms with Crippen LogP contribution in [0.15, 0.2) is 30.5 Å². The second kappa shape index (κ2) is 6.43. The first-order valence-corrected chi connectivity index (χ1v) is 6.98. The van der Waals surface area contributed by atoms with Gasteiger partial charge in [0.15, 0.2) is 0 Å². The third-order valence-corrected chi connectivity index (χ3v) is 3.65. The number of rotatable bonds is 6. The van der Waals surface area contributed by atoms with Crippen LogP contribution in [0.1, 0.15) is 20.3 Å². The highest BCUT2D eigenvalue weighted by Crippen LogP contribution is 2.29. The molecule has 0 saturated heterocycles. The number of ether oxygens (including phenoxy) is 1. The molecule has 5 heteroatoms. The van der Waals surface area contributed by atoms with Crippen molar-refractivity contribution in [3.63, 3.8) is 0 Å². The van der Waals surface area contributed by atoms with E-state index in [1.54, 1.807) is 13.3 Å². The van der Waals surface area contributed by atoms with Crippen LogP contribution in [0.2, 0.25) is 0 Å². The second-order valence-electron chi connectivity index (χ2n) is 5.00. The number of hydrogen-bond acceptors (Lipinski definition) is 4. The molecule has 1 heterocycles. The molecule has 1 aromatic heterocycles. The molecule has 0 fully saturated rings. The van der Waals surface area contributed by atoms with E-state index < -0.39 is 5.97 Å². The Morgan fingerprint density at radius 3 is 2.81 bits per heavy atom. The molecule has 5 nitrogen and oxygen atoms in total. The Kier molecular flexibility index (Phi) is 4.62. The van der Waals surface area contributed by atoms with E-state index in [1.165, 1.54) is 0 Å². The smallest absolute Gasteiger partial charge is 0.323 e. The zero-order valence-corrected chi connectivity index (χ0v) is 12.5. The Morgan fingerprint density at radius 2 is 2.19 bits per heavy atom. The van der Waals surface area contributed by atoms with Crippen LogP contribution in [-0.2, 0) is 4.79 Å². The summed E-state index contributed by atoms with van der Waals surface area (Å²) in [5.74, 6) is 0.552. The van der Waals surface area contributed by atoms with Crippen LogP contribution < -0.4 is 9.64 Å². The number of benzene rings is 1. The lowest BCUT2D eigenvalue weighted by atomic mass is 10.1. The van der Waals surface area contributed by atoms with Crippen molar-refractivity contribution >= 4 is 22.6 Å². The van der Waals surface area contributed by atoms with Gasteiger partial charge >= 0.3 is 5.97 Å². The Morgan fingerprint density at radius 1 is 1.43 bits per heavy atom. The number of carboxylic acids is 1. The molecule has 112 valence electrons. The number of hydrogen-bond donors (Lipinski definition) is 1. The van der Waals surface area contributed by atoms with Gasteiger partial charge in [0, 0.05) is 17.6 Å². The van der Waals surface area contributed by atoms with E-state index >= 15 is 0 Å². The van der Waals surface area contributed by atoms with Gasteiger partial charge in [-0.3, -0.25) is 4.79 Å². The third-order valence-electron chi connectivity index (χ3n) is 3.65. The third kappa shape index (κ3) is 3.24. The Bertz CT molecular complexity index is 642.